The van der Waals surface area contributed by atoms with E-state index in [0.717, 1.165) is 5.69 Å². The Morgan fingerprint density at radius 2 is 2.06 bits per heavy atom. The molecule has 0 saturated heterocycles. The standard InChI is InChI=1S/C13H14N2O3/c1-3-18-13(17)12-8-14-15(9(12)2)10-4-6-11(16)7-5-10/h4-8,16H,3H2,1-2H3. The molecule has 0 aliphatic rings. The molecule has 0 aliphatic heterocycles. The summed E-state index contributed by atoms with van der Waals surface area (Å²) in [4.78, 5) is 11.6. The SMILES string of the molecule is CCOC(=O)c1cnn(-c2ccc(O)cc2)c1C. The third-order valence-corrected chi connectivity index (χ3v) is 2.60. The van der Waals surface area contributed by atoms with E-state index in [1.54, 1.807) is 42.8 Å². The summed E-state index contributed by atoms with van der Waals surface area (Å²) in [6.07, 6.45) is 1.49. The highest BCUT2D eigenvalue weighted by atomic mass is 16.5. The largest absolute Gasteiger partial charge is 0.508 e. The van der Waals surface area contributed by atoms with Crippen LogP contribution in [0, 0.1) is 6.92 Å². The number of ether oxygens (including phenoxy) is 1. The smallest absolute Gasteiger partial charge is 0.341 e. The molecule has 1 aromatic carbocycles. The second-order valence-corrected chi connectivity index (χ2v) is 3.79. The van der Waals surface area contributed by atoms with Crippen molar-refractivity contribution in [1.82, 2.24) is 9.78 Å². The molecule has 0 saturated carbocycles. The Labute approximate surface area is 105 Å². The number of aromatic hydroxyl groups is 1. The minimum Gasteiger partial charge on any atom is -0.508 e. The van der Waals surface area contributed by atoms with Crippen LogP contribution in [0.25, 0.3) is 5.69 Å². The van der Waals surface area contributed by atoms with Gasteiger partial charge in [-0.05, 0) is 38.1 Å². The van der Waals surface area contributed by atoms with Crippen LogP contribution >= 0.6 is 0 Å². The Balaban J connectivity index is 2.36. The van der Waals surface area contributed by atoms with Crippen molar-refractivity contribution in [1.29, 1.82) is 0 Å². The zero-order chi connectivity index (χ0) is 13.1. The van der Waals surface area contributed by atoms with Gasteiger partial charge in [0.2, 0.25) is 0 Å². The van der Waals surface area contributed by atoms with E-state index in [-0.39, 0.29) is 11.7 Å². The summed E-state index contributed by atoms with van der Waals surface area (Å²) >= 11 is 0. The Hall–Kier alpha value is -2.30. The van der Waals surface area contributed by atoms with E-state index in [0.29, 0.717) is 17.9 Å². The van der Waals surface area contributed by atoms with Gasteiger partial charge in [-0.25, -0.2) is 9.48 Å². The van der Waals surface area contributed by atoms with Crippen molar-refractivity contribution in [2.24, 2.45) is 0 Å². The highest BCUT2D eigenvalue weighted by Crippen LogP contribution is 2.17. The molecule has 0 bridgehead atoms. The molecule has 0 fully saturated rings. The molecule has 5 heteroatoms. The fourth-order valence-corrected chi connectivity index (χ4v) is 1.67. The molecule has 0 amide bonds. The van der Waals surface area contributed by atoms with Crippen LogP contribution in [-0.4, -0.2) is 27.5 Å². The number of esters is 1. The molecule has 5 nitrogen and oxygen atoms in total. The summed E-state index contributed by atoms with van der Waals surface area (Å²) in [5, 5.41) is 13.4. The summed E-state index contributed by atoms with van der Waals surface area (Å²) in [5.74, 6) is -0.186. The highest BCUT2D eigenvalue weighted by molar-refractivity contribution is 5.90. The van der Waals surface area contributed by atoms with Gasteiger partial charge in [0.1, 0.15) is 11.3 Å². The fourth-order valence-electron chi connectivity index (χ4n) is 1.67. The van der Waals surface area contributed by atoms with Crippen molar-refractivity contribution in [2.45, 2.75) is 13.8 Å². The van der Waals surface area contributed by atoms with Gasteiger partial charge in [-0.2, -0.15) is 5.10 Å². The lowest BCUT2D eigenvalue weighted by atomic mass is 10.2. The van der Waals surface area contributed by atoms with Gasteiger partial charge in [-0.3, -0.25) is 0 Å². The Kier molecular flexibility index (Phi) is 3.32. The second kappa shape index (κ2) is 4.91. The van der Waals surface area contributed by atoms with Crippen LogP contribution in [0.2, 0.25) is 0 Å². The lowest BCUT2D eigenvalue weighted by Crippen LogP contribution is -2.06. The van der Waals surface area contributed by atoms with Crippen LogP contribution in [0.1, 0.15) is 23.0 Å². The maximum absolute atomic E-state index is 11.6. The molecule has 1 heterocycles. The zero-order valence-electron chi connectivity index (χ0n) is 10.3. The van der Waals surface area contributed by atoms with Gasteiger partial charge < -0.3 is 9.84 Å². The molecule has 94 valence electrons. The van der Waals surface area contributed by atoms with E-state index in [2.05, 4.69) is 5.10 Å². The molecule has 0 aliphatic carbocycles. The predicted octanol–water partition coefficient (Wildman–Crippen LogP) is 2.06. The van der Waals surface area contributed by atoms with Crippen molar-refractivity contribution in [3.05, 3.63) is 41.7 Å². The molecule has 0 radical (unpaired) electrons. The van der Waals surface area contributed by atoms with Gasteiger partial charge >= 0.3 is 5.97 Å². The van der Waals surface area contributed by atoms with E-state index >= 15 is 0 Å². The van der Waals surface area contributed by atoms with Crippen LogP contribution in [0.15, 0.2) is 30.5 Å². The first-order valence-corrected chi connectivity index (χ1v) is 5.64. The molecule has 2 rings (SSSR count). The number of benzene rings is 1. The first-order chi connectivity index (χ1) is 8.63. The van der Waals surface area contributed by atoms with Gasteiger partial charge in [0, 0.05) is 0 Å². The van der Waals surface area contributed by atoms with Gasteiger partial charge in [0.05, 0.1) is 24.2 Å². The fraction of sp³-hybridized carbons (Fsp3) is 0.231. The Morgan fingerprint density at radius 3 is 2.67 bits per heavy atom. The second-order valence-electron chi connectivity index (χ2n) is 3.79. The number of rotatable bonds is 3. The van der Waals surface area contributed by atoms with Gasteiger partial charge in [-0.15, -0.1) is 0 Å². The third-order valence-electron chi connectivity index (χ3n) is 2.60. The molecule has 0 unspecified atom stereocenters. The van der Waals surface area contributed by atoms with Gasteiger partial charge in [0.25, 0.3) is 0 Å². The van der Waals surface area contributed by atoms with E-state index in [1.165, 1.54) is 6.20 Å². The van der Waals surface area contributed by atoms with Crippen LogP contribution < -0.4 is 0 Å². The number of aromatic nitrogens is 2. The van der Waals surface area contributed by atoms with Crippen molar-refractivity contribution >= 4 is 5.97 Å². The maximum atomic E-state index is 11.6. The maximum Gasteiger partial charge on any atom is 0.341 e. The number of hydrogen-bond acceptors (Lipinski definition) is 4. The van der Waals surface area contributed by atoms with Crippen molar-refractivity contribution < 1.29 is 14.6 Å². The summed E-state index contributed by atoms with van der Waals surface area (Å²) in [7, 11) is 0. The van der Waals surface area contributed by atoms with Crippen LogP contribution in [0.5, 0.6) is 5.75 Å². The molecule has 2 aromatic rings. The minimum absolute atomic E-state index is 0.189. The quantitative estimate of drug-likeness (QED) is 0.842. The highest BCUT2D eigenvalue weighted by Gasteiger charge is 2.15. The number of carbonyl (C=O) groups excluding carboxylic acids is 1. The predicted molar refractivity (Wildman–Crippen MR) is 65.9 cm³/mol. The van der Waals surface area contributed by atoms with Crippen LogP contribution in [0.3, 0.4) is 0 Å². The normalized spacial score (nSPS) is 10.3. The number of carbonyl (C=O) groups is 1. The number of phenols is 1. The molecular weight excluding hydrogens is 232 g/mol. The zero-order valence-corrected chi connectivity index (χ0v) is 10.3. The minimum atomic E-state index is -0.375. The lowest BCUT2D eigenvalue weighted by Gasteiger charge is -2.05. The van der Waals surface area contributed by atoms with Crippen LogP contribution in [-0.2, 0) is 4.74 Å². The number of phenolic OH excluding ortho intramolecular Hbond substituents is 1. The average molecular weight is 246 g/mol. The Bertz CT molecular complexity index is 558. The van der Waals surface area contributed by atoms with E-state index in [4.69, 9.17) is 4.74 Å². The van der Waals surface area contributed by atoms with Crippen molar-refractivity contribution in [2.75, 3.05) is 6.61 Å². The molecule has 1 aromatic heterocycles. The summed E-state index contributed by atoms with van der Waals surface area (Å²) in [6.45, 7) is 3.90. The summed E-state index contributed by atoms with van der Waals surface area (Å²) in [6, 6.07) is 6.59. The summed E-state index contributed by atoms with van der Waals surface area (Å²) in [5.41, 5.74) is 1.94. The molecule has 18 heavy (non-hydrogen) atoms. The number of nitrogens with zero attached hydrogens (tertiary/aromatic N) is 2. The average Bonchev–Trinajstić information content (AvgIpc) is 2.73. The van der Waals surface area contributed by atoms with Gasteiger partial charge in [0.15, 0.2) is 0 Å². The van der Waals surface area contributed by atoms with E-state index in [9.17, 15) is 9.90 Å². The first-order valence-electron chi connectivity index (χ1n) is 5.64. The third kappa shape index (κ3) is 2.20. The molecule has 0 atom stereocenters. The van der Waals surface area contributed by atoms with Gasteiger partial charge in [-0.1, -0.05) is 0 Å². The van der Waals surface area contributed by atoms with Crippen LogP contribution in [0.4, 0.5) is 0 Å². The van der Waals surface area contributed by atoms with E-state index < -0.39 is 0 Å². The number of hydrogen-bond donors (Lipinski definition) is 1. The van der Waals surface area contributed by atoms with Crippen molar-refractivity contribution in [3.8, 4) is 11.4 Å². The topological polar surface area (TPSA) is 64.3 Å². The Morgan fingerprint density at radius 1 is 1.39 bits per heavy atom. The molecule has 0 spiro atoms. The molecular formula is C13H14N2O3. The first kappa shape index (κ1) is 12.2. The van der Waals surface area contributed by atoms with Crippen molar-refractivity contribution in [3.63, 3.8) is 0 Å². The monoisotopic (exact) mass is 246 g/mol. The lowest BCUT2D eigenvalue weighted by molar-refractivity contribution is 0.0525. The summed E-state index contributed by atoms with van der Waals surface area (Å²) < 4.78 is 6.58. The van der Waals surface area contributed by atoms with E-state index in [1.807, 2.05) is 0 Å². The molecule has 1 N–H and O–H groups in total.